The van der Waals surface area contributed by atoms with Gasteiger partial charge < -0.3 is 18.6 Å². The molecule has 6 heteroatoms. The van der Waals surface area contributed by atoms with Crippen LogP contribution in [0, 0.1) is 0 Å². The van der Waals surface area contributed by atoms with E-state index >= 15 is 0 Å². The molecular weight excluding hydrogens is 298 g/mol. The van der Waals surface area contributed by atoms with Gasteiger partial charge in [0.05, 0.1) is 6.04 Å². The first-order valence-electron chi connectivity index (χ1n) is 7.78. The molecule has 1 rings (SSSR count). The van der Waals surface area contributed by atoms with Gasteiger partial charge >= 0.3 is 8.80 Å². The zero-order valence-corrected chi connectivity index (χ0v) is 15.1. The van der Waals surface area contributed by atoms with Gasteiger partial charge in [-0.25, -0.2) is 0 Å². The van der Waals surface area contributed by atoms with Gasteiger partial charge in [-0.1, -0.05) is 24.3 Å². The maximum Gasteiger partial charge on any atom is 0.537 e. The highest BCUT2D eigenvalue weighted by atomic mass is 28.4. The third kappa shape index (κ3) is 4.91. The molecule has 1 aromatic carbocycles. The number of amides is 1. The predicted molar refractivity (Wildman–Crippen MR) is 88.9 cm³/mol. The summed E-state index contributed by atoms with van der Waals surface area (Å²) in [5.41, 5.74) is 1.03. The summed E-state index contributed by atoms with van der Waals surface area (Å²) in [6.07, 6.45) is 0. The summed E-state index contributed by atoms with van der Waals surface area (Å²) in [6, 6.07) is 7.87. The Morgan fingerprint density at radius 3 is 1.86 bits per heavy atom. The number of rotatable bonds is 9. The van der Waals surface area contributed by atoms with E-state index in [1.807, 2.05) is 52.0 Å². The van der Waals surface area contributed by atoms with Crippen LogP contribution in [0.2, 0.25) is 0 Å². The fourth-order valence-corrected chi connectivity index (χ4v) is 4.77. The second-order valence-electron chi connectivity index (χ2n) is 4.90. The molecule has 0 aromatic heterocycles. The van der Waals surface area contributed by atoms with Crippen molar-refractivity contribution in [3.8, 4) is 0 Å². The fraction of sp³-hybridized carbons (Fsp3) is 0.562. The zero-order valence-electron chi connectivity index (χ0n) is 14.1. The number of nitrogens with one attached hydrogen (secondary N) is 1. The molecular formula is C16H27NO4Si. The van der Waals surface area contributed by atoms with Gasteiger partial charge in [0.25, 0.3) is 0 Å². The molecule has 1 atom stereocenters. The summed E-state index contributed by atoms with van der Waals surface area (Å²) >= 11 is 0. The third-order valence-corrected chi connectivity index (χ3v) is 6.23. The van der Waals surface area contributed by atoms with Crippen molar-refractivity contribution in [2.45, 2.75) is 40.7 Å². The molecule has 0 bridgehead atoms. The Bertz CT molecular complexity index is 447. The van der Waals surface area contributed by atoms with Crippen molar-refractivity contribution in [3.63, 3.8) is 0 Å². The molecule has 22 heavy (non-hydrogen) atoms. The first-order chi connectivity index (χ1) is 10.5. The van der Waals surface area contributed by atoms with E-state index in [1.165, 1.54) is 6.92 Å². The Morgan fingerprint density at radius 1 is 1.05 bits per heavy atom. The zero-order chi connectivity index (χ0) is 16.6. The minimum absolute atomic E-state index is 0.0334. The van der Waals surface area contributed by atoms with Crippen LogP contribution in [-0.4, -0.2) is 34.5 Å². The lowest BCUT2D eigenvalue weighted by atomic mass is 10.1. The Kier molecular flexibility index (Phi) is 7.74. The molecule has 0 radical (unpaired) electrons. The fourth-order valence-electron chi connectivity index (χ4n) is 2.31. The average molecular weight is 325 g/mol. The van der Waals surface area contributed by atoms with Crippen molar-refractivity contribution in [1.82, 2.24) is 5.32 Å². The van der Waals surface area contributed by atoms with Crippen molar-refractivity contribution in [2.75, 3.05) is 19.8 Å². The van der Waals surface area contributed by atoms with Crippen LogP contribution in [0.4, 0.5) is 0 Å². The van der Waals surface area contributed by atoms with Crippen LogP contribution in [-0.2, 0) is 18.1 Å². The van der Waals surface area contributed by atoms with Crippen LogP contribution in [0.1, 0.15) is 46.2 Å². The average Bonchev–Trinajstić information content (AvgIpc) is 2.47. The van der Waals surface area contributed by atoms with E-state index in [2.05, 4.69) is 5.32 Å². The monoisotopic (exact) mass is 325 g/mol. The third-order valence-electron chi connectivity index (χ3n) is 3.19. The van der Waals surface area contributed by atoms with Crippen molar-refractivity contribution >= 4 is 19.9 Å². The Labute approximate surface area is 134 Å². The molecule has 0 aliphatic carbocycles. The highest BCUT2D eigenvalue weighted by molar-refractivity contribution is 6.75. The van der Waals surface area contributed by atoms with Gasteiger partial charge in [-0.2, -0.15) is 0 Å². The number of hydrogen-bond donors (Lipinski definition) is 1. The number of hydrogen-bond acceptors (Lipinski definition) is 4. The van der Waals surface area contributed by atoms with Crippen LogP contribution in [0.3, 0.4) is 0 Å². The van der Waals surface area contributed by atoms with Gasteiger partial charge in [0.2, 0.25) is 5.91 Å². The van der Waals surface area contributed by atoms with Crippen molar-refractivity contribution in [1.29, 1.82) is 0 Å². The van der Waals surface area contributed by atoms with E-state index in [0.717, 1.165) is 10.8 Å². The summed E-state index contributed by atoms with van der Waals surface area (Å²) in [7, 11) is -2.85. The van der Waals surface area contributed by atoms with E-state index in [1.54, 1.807) is 0 Å². The Morgan fingerprint density at radius 2 is 1.50 bits per heavy atom. The molecule has 1 amide bonds. The number of carbonyl (C=O) groups excluding carboxylic acids is 1. The summed E-state index contributed by atoms with van der Waals surface area (Å²) in [6.45, 7) is 10.9. The molecule has 0 unspecified atom stereocenters. The van der Waals surface area contributed by atoms with Gasteiger partial charge in [0.15, 0.2) is 0 Å². The lowest BCUT2D eigenvalue weighted by molar-refractivity contribution is -0.119. The summed E-state index contributed by atoms with van der Waals surface area (Å²) in [5, 5.41) is 3.81. The summed E-state index contributed by atoms with van der Waals surface area (Å²) in [4.78, 5) is 11.1. The van der Waals surface area contributed by atoms with E-state index < -0.39 is 8.80 Å². The first kappa shape index (κ1) is 18.8. The quantitative estimate of drug-likeness (QED) is 0.707. The smallest absolute Gasteiger partial charge is 0.370 e. The van der Waals surface area contributed by atoms with Crippen LogP contribution in [0.5, 0.6) is 0 Å². The van der Waals surface area contributed by atoms with Crippen LogP contribution in [0.15, 0.2) is 24.3 Å². The van der Waals surface area contributed by atoms with Gasteiger partial charge in [0, 0.05) is 31.9 Å². The largest absolute Gasteiger partial charge is 0.537 e. The lowest BCUT2D eigenvalue weighted by Gasteiger charge is -2.28. The first-order valence-corrected chi connectivity index (χ1v) is 9.50. The SMILES string of the molecule is CCO[Si](OCC)(OCC)c1ccc([C@@H](C)NC(C)=O)cc1. The molecule has 0 aliphatic rings. The van der Waals surface area contributed by atoms with Crippen LogP contribution < -0.4 is 10.5 Å². The molecule has 124 valence electrons. The predicted octanol–water partition coefficient (Wildman–Crippen LogP) is 2.14. The van der Waals surface area contributed by atoms with E-state index in [9.17, 15) is 4.79 Å². The molecule has 0 fully saturated rings. The van der Waals surface area contributed by atoms with Crippen LogP contribution >= 0.6 is 0 Å². The maximum atomic E-state index is 11.1. The Hall–Kier alpha value is -1.21. The van der Waals surface area contributed by atoms with Gasteiger partial charge in [0.1, 0.15) is 0 Å². The van der Waals surface area contributed by atoms with Crippen LogP contribution in [0.25, 0.3) is 0 Å². The Balaban J connectivity index is 3.03. The highest BCUT2D eigenvalue weighted by Crippen LogP contribution is 2.15. The van der Waals surface area contributed by atoms with E-state index in [4.69, 9.17) is 13.3 Å². The van der Waals surface area contributed by atoms with Crippen molar-refractivity contribution in [2.24, 2.45) is 0 Å². The number of carbonyl (C=O) groups is 1. The molecule has 5 nitrogen and oxygen atoms in total. The van der Waals surface area contributed by atoms with Crippen molar-refractivity contribution in [3.05, 3.63) is 29.8 Å². The maximum absolute atomic E-state index is 11.1. The molecule has 0 heterocycles. The molecule has 0 saturated carbocycles. The lowest BCUT2D eigenvalue weighted by Crippen LogP contribution is -2.56. The molecule has 0 aliphatic heterocycles. The topological polar surface area (TPSA) is 56.8 Å². The minimum atomic E-state index is -2.85. The molecule has 0 saturated heterocycles. The normalized spacial score (nSPS) is 13.0. The highest BCUT2D eigenvalue weighted by Gasteiger charge is 2.43. The number of benzene rings is 1. The summed E-state index contributed by atoms with van der Waals surface area (Å²) in [5.74, 6) is -0.0433. The van der Waals surface area contributed by atoms with Crippen molar-refractivity contribution < 1.29 is 18.1 Å². The molecule has 0 spiro atoms. The molecule has 1 aromatic rings. The summed E-state index contributed by atoms with van der Waals surface area (Å²) < 4.78 is 17.7. The van der Waals surface area contributed by atoms with Gasteiger partial charge in [-0.05, 0) is 33.3 Å². The minimum Gasteiger partial charge on any atom is -0.370 e. The molecule has 1 N–H and O–H groups in total. The van der Waals surface area contributed by atoms with Gasteiger partial charge in [-0.15, -0.1) is 0 Å². The standard InChI is InChI=1S/C16H27NO4Si/c1-6-19-22(20-7-2,21-8-3)16-11-9-15(10-12-16)13(4)17-14(5)18/h9-13H,6-8H2,1-5H3,(H,17,18)/t13-/m1/s1. The van der Waals surface area contributed by atoms with E-state index in [-0.39, 0.29) is 11.9 Å². The second kappa shape index (κ2) is 9.04. The second-order valence-corrected chi connectivity index (χ2v) is 7.46. The van der Waals surface area contributed by atoms with Gasteiger partial charge in [-0.3, -0.25) is 4.79 Å². The van der Waals surface area contributed by atoms with E-state index in [0.29, 0.717) is 19.8 Å².